The number of ether oxygens (including phenoxy) is 2. The molecule has 2 fully saturated rings. The first kappa shape index (κ1) is 6.58. The van der Waals surface area contributed by atoms with Crippen molar-refractivity contribution in [3.8, 4) is 0 Å². The average Bonchev–Trinajstić information content (AvgIpc) is 2.41. The highest BCUT2D eigenvalue weighted by Gasteiger charge is 2.49. The molecule has 2 rings (SSSR count). The summed E-state index contributed by atoms with van der Waals surface area (Å²) >= 11 is 0. The van der Waals surface area contributed by atoms with Crippen LogP contribution >= 0.6 is 0 Å². The van der Waals surface area contributed by atoms with Gasteiger partial charge in [0.15, 0.2) is 5.79 Å². The zero-order valence-corrected chi connectivity index (χ0v) is 6.04. The maximum Gasteiger partial charge on any atom is 0.166 e. The molecular formula is C7H12O3. The molecule has 2 bridgehead atoms. The largest absolute Gasteiger partial charge is 0.396 e. The van der Waals surface area contributed by atoms with Crippen LogP contribution in [0.2, 0.25) is 0 Å². The number of hydrogen-bond donors (Lipinski definition) is 1. The lowest BCUT2D eigenvalue weighted by Gasteiger charge is -2.21. The molecule has 10 heavy (non-hydrogen) atoms. The molecule has 0 aromatic carbocycles. The number of aliphatic hydroxyl groups excluding tert-OH is 1. The molecule has 0 radical (unpaired) electrons. The maximum absolute atomic E-state index is 8.87. The molecule has 0 aromatic heterocycles. The number of hydrogen-bond acceptors (Lipinski definition) is 3. The summed E-state index contributed by atoms with van der Waals surface area (Å²) in [5, 5.41) is 8.87. The Kier molecular flexibility index (Phi) is 1.27. The molecule has 2 saturated heterocycles. The van der Waals surface area contributed by atoms with E-state index in [1.807, 2.05) is 6.92 Å². The van der Waals surface area contributed by atoms with Crippen LogP contribution in [0.15, 0.2) is 0 Å². The van der Waals surface area contributed by atoms with E-state index in [2.05, 4.69) is 0 Å². The monoisotopic (exact) mass is 144 g/mol. The van der Waals surface area contributed by atoms with Crippen molar-refractivity contribution in [1.82, 2.24) is 0 Å². The van der Waals surface area contributed by atoms with Crippen molar-refractivity contribution >= 4 is 0 Å². The van der Waals surface area contributed by atoms with Crippen LogP contribution in [0, 0.1) is 5.92 Å². The molecule has 0 spiro atoms. The van der Waals surface area contributed by atoms with Gasteiger partial charge < -0.3 is 14.6 Å². The van der Waals surface area contributed by atoms with Crippen molar-refractivity contribution in [3.63, 3.8) is 0 Å². The normalized spacial score (nSPS) is 52.2. The first-order valence-corrected chi connectivity index (χ1v) is 3.66. The molecule has 2 aliphatic heterocycles. The quantitative estimate of drug-likeness (QED) is 0.568. The lowest BCUT2D eigenvalue weighted by molar-refractivity contribution is -0.129. The van der Waals surface area contributed by atoms with Crippen LogP contribution in [0.3, 0.4) is 0 Å². The highest BCUT2D eigenvalue weighted by atomic mass is 16.7. The van der Waals surface area contributed by atoms with Gasteiger partial charge in [0, 0.05) is 18.9 Å². The van der Waals surface area contributed by atoms with Crippen LogP contribution in [0.25, 0.3) is 0 Å². The van der Waals surface area contributed by atoms with Crippen LogP contribution in [0.5, 0.6) is 0 Å². The summed E-state index contributed by atoms with van der Waals surface area (Å²) in [4.78, 5) is 0. The smallest absolute Gasteiger partial charge is 0.166 e. The van der Waals surface area contributed by atoms with Gasteiger partial charge in [-0.05, 0) is 6.92 Å². The summed E-state index contributed by atoms with van der Waals surface area (Å²) in [5.41, 5.74) is 0. The Hall–Kier alpha value is -0.120. The predicted octanol–water partition coefficient (Wildman–Crippen LogP) is 0.130. The van der Waals surface area contributed by atoms with Gasteiger partial charge in [-0.15, -0.1) is 0 Å². The molecule has 0 amide bonds. The Balaban J connectivity index is 2.10. The Morgan fingerprint density at radius 2 is 2.50 bits per heavy atom. The summed E-state index contributed by atoms with van der Waals surface area (Å²) in [6, 6.07) is 0. The third-order valence-electron chi connectivity index (χ3n) is 2.35. The minimum Gasteiger partial charge on any atom is -0.396 e. The molecule has 58 valence electrons. The second kappa shape index (κ2) is 1.94. The molecule has 1 N–H and O–H groups in total. The Morgan fingerprint density at radius 3 is 2.80 bits per heavy atom. The lowest BCUT2D eigenvalue weighted by atomic mass is 9.97. The van der Waals surface area contributed by atoms with E-state index in [1.165, 1.54) is 0 Å². The van der Waals surface area contributed by atoms with Crippen LogP contribution in [0.1, 0.15) is 13.3 Å². The molecule has 2 aliphatic rings. The molecule has 0 aromatic rings. The van der Waals surface area contributed by atoms with Gasteiger partial charge in [0.05, 0.1) is 12.7 Å². The number of aliphatic hydroxyl groups is 1. The lowest BCUT2D eigenvalue weighted by Crippen LogP contribution is -2.29. The Labute approximate surface area is 59.9 Å². The summed E-state index contributed by atoms with van der Waals surface area (Å²) < 4.78 is 10.8. The van der Waals surface area contributed by atoms with Gasteiger partial charge >= 0.3 is 0 Å². The van der Waals surface area contributed by atoms with E-state index in [4.69, 9.17) is 14.6 Å². The van der Waals surface area contributed by atoms with E-state index in [-0.39, 0.29) is 18.5 Å². The van der Waals surface area contributed by atoms with Crippen LogP contribution < -0.4 is 0 Å². The molecular weight excluding hydrogens is 132 g/mol. The summed E-state index contributed by atoms with van der Waals surface area (Å²) in [5.74, 6) is -0.0725. The third kappa shape index (κ3) is 0.779. The minimum absolute atomic E-state index is 0.148. The number of rotatable bonds is 1. The Bertz CT molecular complexity index is 148. The van der Waals surface area contributed by atoms with E-state index in [0.717, 1.165) is 6.42 Å². The fourth-order valence-corrected chi connectivity index (χ4v) is 1.78. The molecule has 0 unspecified atom stereocenters. The van der Waals surface area contributed by atoms with Gasteiger partial charge in [0.2, 0.25) is 0 Å². The van der Waals surface area contributed by atoms with Crippen molar-refractivity contribution in [2.75, 3.05) is 13.2 Å². The summed E-state index contributed by atoms with van der Waals surface area (Å²) in [6.07, 6.45) is 0.990. The van der Waals surface area contributed by atoms with Gasteiger partial charge in [-0.25, -0.2) is 0 Å². The van der Waals surface area contributed by atoms with Crippen molar-refractivity contribution in [2.24, 2.45) is 5.92 Å². The highest BCUT2D eigenvalue weighted by Crippen LogP contribution is 2.41. The minimum atomic E-state index is -0.377. The van der Waals surface area contributed by atoms with E-state index in [0.29, 0.717) is 12.5 Å². The summed E-state index contributed by atoms with van der Waals surface area (Å²) in [7, 11) is 0. The van der Waals surface area contributed by atoms with E-state index < -0.39 is 0 Å². The molecule has 0 aliphatic carbocycles. The second-order valence-corrected chi connectivity index (χ2v) is 3.25. The highest BCUT2D eigenvalue weighted by molar-refractivity contribution is 4.90. The molecule has 2 heterocycles. The van der Waals surface area contributed by atoms with E-state index >= 15 is 0 Å². The maximum atomic E-state index is 8.87. The van der Waals surface area contributed by atoms with Gasteiger partial charge in [-0.1, -0.05) is 0 Å². The fraction of sp³-hybridized carbons (Fsp3) is 1.00. The van der Waals surface area contributed by atoms with E-state index in [1.54, 1.807) is 0 Å². The Morgan fingerprint density at radius 1 is 1.70 bits per heavy atom. The van der Waals surface area contributed by atoms with Gasteiger partial charge in [0.1, 0.15) is 0 Å². The molecule has 0 saturated carbocycles. The number of fused-ring (bicyclic) bond motifs is 2. The molecule has 3 heteroatoms. The van der Waals surface area contributed by atoms with Crippen molar-refractivity contribution in [1.29, 1.82) is 0 Å². The molecule has 3 atom stereocenters. The molecule has 3 nitrogen and oxygen atoms in total. The van der Waals surface area contributed by atoms with Gasteiger partial charge in [-0.3, -0.25) is 0 Å². The third-order valence-corrected chi connectivity index (χ3v) is 2.35. The van der Waals surface area contributed by atoms with Gasteiger partial charge in [0.25, 0.3) is 0 Å². The SMILES string of the molecule is C[C@@]12C[C@@H](CO)[C@@H](CO1)O2. The van der Waals surface area contributed by atoms with Crippen LogP contribution in [0.4, 0.5) is 0 Å². The topological polar surface area (TPSA) is 38.7 Å². The van der Waals surface area contributed by atoms with Crippen LogP contribution in [-0.2, 0) is 9.47 Å². The van der Waals surface area contributed by atoms with E-state index in [9.17, 15) is 0 Å². The van der Waals surface area contributed by atoms with Crippen LogP contribution in [-0.4, -0.2) is 30.2 Å². The fourth-order valence-electron chi connectivity index (χ4n) is 1.78. The first-order chi connectivity index (χ1) is 4.73. The van der Waals surface area contributed by atoms with Crippen molar-refractivity contribution < 1.29 is 14.6 Å². The summed E-state index contributed by atoms with van der Waals surface area (Å²) in [6.45, 7) is 2.81. The zero-order valence-electron chi connectivity index (χ0n) is 6.04. The van der Waals surface area contributed by atoms with Crippen molar-refractivity contribution in [2.45, 2.75) is 25.2 Å². The predicted molar refractivity (Wildman–Crippen MR) is 34.4 cm³/mol. The average molecular weight is 144 g/mol. The standard InChI is InChI=1S/C7H12O3/c1-7-2-5(3-8)6(10-7)4-9-7/h5-6,8H,2-4H2,1H3/t5-,6+,7+/m0/s1. The second-order valence-electron chi connectivity index (χ2n) is 3.25. The van der Waals surface area contributed by atoms with Gasteiger partial charge in [-0.2, -0.15) is 0 Å². The first-order valence-electron chi connectivity index (χ1n) is 3.66. The van der Waals surface area contributed by atoms with Crippen molar-refractivity contribution in [3.05, 3.63) is 0 Å². The zero-order chi connectivity index (χ0) is 7.19.